The lowest BCUT2D eigenvalue weighted by Crippen LogP contribution is -2.11. The van der Waals surface area contributed by atoms with Crippen LogP contribution < -0.4 is 10.5 Å². The van der Waals surface area contributed by atoms with Gasteiger partial charge in [-0.05, 0) is 50.8 Å². The van der Waals surface area contributed by atoms with Crippen LogP contribution in [0.2, 0.25) is 0 Å². The van der Waals surface area contributed by atoms with Gasteiger partial charge in [0.05, 0.1) is 17.1 Å². The summed E-state index contributed by atoms with van der Waals surface area (Å²) < 4.78 is 37.3. The number of ether oxygens (including phenoxy) is 1. The molecule has 0 saturated heterocycles. The maximum absolute atomic E-state index is 13.8. The van der Waals surface area contributed by atoms with Gasteiger partial charge in [-0.3, -0.25) is 4.68 Å². The molecule has 2 aliphatic rings. The Bertz CT molecular complexity index is 1440. The first-order valence-corrected chi connectivity index (χ1v) is 11.8. The lowest BCUT2D eigenvalue weighted by molar-refractivity contribution is 0.145. The molecule has 6 rings (SSSR count). The van der Waals surface area contributed by atoms with Gasteiger partial charge in [0.25, 0.3) is 6.43 Å². The fourth-order valence-electron chi connectivity index (χ4n) is 4.79. The van der Waals surface area contributed by atoms with Crippen LogP contribution in [0, 0.1) is 19.8 Å². The summed E-state index contributed by atoms with van der Waals surface area (Å²) in [5.74, 6) is 1.38. The Balaban J connectivity index is 1.60. The summed E-state index contributed by atoms with van der Waals surface area (Å²) in [6.07, 6.45) is 1.83. The van der Waals surface area contributed by atoms with E-state index in [4.69, 9.17) is 15.6 Å². The minimum Gasteiger partial charge on any atom is -0.485 e. The van der Waals surface area contributed by atoms with Crippen molar-refractivity contribution in [2.75, 3.05) is 5.73 Å². The molecule has 0 radical (unpaired) electrons. The number of nitrogens with two attached hydrogens (primary N) is 1. The van der Waals surface area contributed by atoms with Crippen LogP contribution in [0.1, 0.15) is 53.0 Å². The Morgan fingerprint density at radius 3 is 2.74 bits per heavy atom. The summed E-state index contributed by atoms with van der Waals surface area (Å²) in [5, 5.41) is 9.16. The molecule has 4 heterocycles. The second kappa shape index (κ2) is 8.18. The van der Waals surface area contributed by atoms with Gasteiger partial charge < -0.3 is 10.5 Å². The van der Waals surface area contributed by atoms with Gasteiger partial charge in [-0.15, -0.1) is 0 Å². The number of halogens is 2. The largest absolute Gasteiger partial charge is 0.485 e. The molecule has 4 aromatic rings. The monoisotopic (exact) mass is 476 g/mol. The van der Waals surface area contributed by atoms with Crippen LogP contribution in [0.3, 0.4) is 0 Å². The topological polar surface area (TPSA) is 83.8 Å². The molecular formula is C26H26F2N6O. The SMILES string of the molecule is Cc1ccc2c(c1)COc1cc(cnc1N)-c1c(c(C)nn1CC1CC1)Cc1cc(C(F)F)nn1-2. The zero-order valence-corrected chi connectivity index (χ0v) is 19.6. The van der Waals surface area contributed by atoms with Gasteiger partial charge in [0.15, 0.2) is 11.6 Å². The van der Waals surface area contributed by atoms with Gasteiger partial charge in [-0.2, -0.15) is 10.2 Å². The minimum atomic E-state index is -2.67. The van der Waals surface area contributed by atoms with Crippen LogP contribution in [0.15, 0.2) is 36.5 Å². The van der Waals surface area contributed by atoms with Crippen LogP contribution >= 0.6 is 0 Å². The molecule has 2 bridgehead atoms. The fourth-order valence-corrected chi connectivity index (χ4v) is 4.79. The molecule has 1 aliphatic heterocycles. The molecule has 2 N–H and O–H groups in total. The molecule has 180 valence electrons. The smallest absolute Gasteiger partial charge is 0.282 e. The van der Waals surface area contributed by atoms with Crippen LogP contribution in [-0.2, 0) is 19.6 Å². The lowest BCUT2D eigenvalue weighted by Gasteiger charge is -2.18. The van der Waals surface area contributed by atoms with Gasteiger partial charge in [0.2, 0.25) is 0 Å². The first kappa shape index (κ1) is 21.8. The Labute approximate surface area is 201 Å². The number of aryl methyl sites for hydroxylation is 2. The van der Waals surface area contributed by atoms with E-state index in [9.17, 15) is 8.78 Å². The van der Waals surface area contributed by atoms with Crippen molar-refractivity contribution < 1.29 is 13.5 Å². The molecule has 35 heavy (non-hydrogen) atoms. The number of nitrogen functional groups attached to an aromatic ring is 1. The number of benzene rings is 1. The highest BCUT2D eigenvalue weighted by molar-refractivity contribution is 5.69. The fraction of sp³-hybridized carbons (Fsp3) is 0.346. The number of pyridine rings is 1. The van der Waals surface area contributed by atoms with E-state index in [1.165, 1.54) is 18.9 Å². The predicted molar refractivity (Wildman–Crippen MR) is 128 cm³/mol. The van der Waals surface area contributed by atoms with Crippen LogP contribution in [0.25, 0.3) is 16.9 Å². The maximum atomic E-state index is 13.8. The summed E-state index contributed by atoms with van der Waals surface area (Å²) in [6.45, 7) is 4.94. The van der Waals surface area contributed by atoms with E-state index in [0.29, 0.717) is 35.3 Å². The highest BCUT2D eigenvalue weighted by Gasteiger charge is 2.28. The van der Waals surface area contributed by atoms with Gasteiger partial charge in [-0.25, -0.2) is 18.4 Å². The third-order valence-corrected chi connectivity index (χ3v) is 6.76. The molecule has 1 aromatic carbocycles. The first-order chi connectivity index (χ1) is 16.9. The molecule has 1 aliphatic carbocycles. The van der Waals surface area contributed by atoms with Crippen LogP contribution in [0.4, 0.5) is 14.6 Å². The van der Waals surface area contributed by atoms with Crippen molar-refractivity contribution in [3.63, 3.8) is 0 Å². The number of rotatable bonds is 3. The zero-order chi connectivity index (χ0) is 24.3. The predicted octanol–water partition coefficient (Wildman–Crippen LogP) is 5.16. The van der Waals surface area contributed by atoms with Crippen molar-refractivity contribution in [3.05, 3.63) is 70.3 Å². The third kappa shape index (κ3) is 3.94. The summed E-state index contributed by atoms with van der Waals surface area (Å²) in [6, 6.07) is 9.22. The summed E-state index contributed by atoms with van der Waals surface area (Å²) in [4.78, 5) is 4.41. The van der Waals surface area contributed by atoms with Gasteiger partial charge in [0, 0.05) is 41.5 Å². The second-order valence-electron chi connectivity index (χ2n) is 9.52. The normalized spacial score (nSPS) is 15.0. The molecule has 1 saturated carbocycles. The molecule has 7 nitrogen and oxygen atoms in total. The van der Waals surface area contributed by atoms with Crippen molar-refractivity contribution in [3.8, 4) is 22.7 Å². The van der Waals surface area contributed by atoms with E-state index in [1.807, 2.05) is 42.8 Å². The van der Waals surface area contributed by atoms with E-state index < -0.39 is 6.43 Å². The second-order valence-corrected chi connectivity index (χ2v) is 9.52. The third-order valence-electron chi connectivity index (χ3n) is 6.76. The minimum absolute atomic E-state index is 0.197. The van der Waals surface area contributed by atoms with Crippen molar-refractivity contribution in [1.82, 2.24) is 24.5 Å². The van der Waals surface area contributed by atoms with Gasteiger partial charge in [-0.1, -0.05) is 17.7 Å². The lowest BCUT2D eigenvalue weighted by atomic mass is 10.0. The highest BCUT2D eigenvalue weighted by atomic mass is 19.3. The van der Waals surface area contributed by atoms with Crippen molar-refractivity contribution in [2.45, 2.75) is 52.7 Å². The van der Waals surface area contributed by atoms with E-state index in [0.717, 1.165) is 40.2 Å². The Kier molecular flexibility index (Phi) is 5.09. The number of hydrogen-bond donors (Lipinski definition) is 1. The van der Waals surface area contributed by atoms with Crippen molar-refractivity contribution in [1.29, 1.82) is 0 Å². The number of nitrogens with zero attached hydrogens (tertiary/aromatic N) is 5. The van der Waals surface area contributed by atoms with E-state index in [2.05, 4.69) is 10.1 Å². The maximum Gasteiger partial charge on any atom is 0.282 e. The number of alkyl halides is 2. The number of hydrogen-bond acceptors (Lipinski definition) is 5. The van der Waals surface area contributed by atoms with Crippen molar-refractivity contribution >= 4 is 5.82 Å². The van der Waals surface area contributed by atoms with Crippen LogP contribution in [-0.4, -0.2) is 24.5 Å². The highest BCUT2D eigenvalue weighted by Crippen LogP contribution is 2.37. The number of anilines is 1. The molecule has 0 atom stereocenters. The quantitative estimate of drug-likeness (QED) is 0.442. The van der Waals surface area contributed by atoms with Crippen molar-refractivity contribution in [2.24, 2.45) is 5.92 Å². The number of aromatic nitrogens is 5. The van der Waals surface area contributed by atoms with Gasteiger partial charge in [0.1, 0.15) is 12.3 Å². The molecule has 3 aromatic heterocycles. The van der Waals surface area contributed by atoms with E-state index >= 15 is 0 Å². The summed E-state index contributed by atoms with van der Waals surface area (Å²) >= 11 is 0. The van der Waals surface area contributed by atoms with E-state index in [1.54, 1.807) is 10.9 Å². The molecule has 0 unspecified atom stereocenters. The van der Waals surface area contributed by atoms with Gasteiger partial charge >= 0.3 is 0 Å². The Morgan fingerprint density at radius 2 is 1.97 bits per heavy atom. The Hall–Kier alpha value is -3.75. The first-order valence-electron chi connectivity index (χ1n) is 11.8. The summed E-state index contributed by atoms with van der Waals surface area (Å²) in [5.41, 5.74) is 12.7. The molecule has 1 fully saturated rings. The average Bonchev–Trinajstić information content (AvgIpc) is 3.45. The summed E-state index contributed by atoms with van der Waals surface area (Å²) in [7, 11) is 0. The average molecular weight is 477 g/mol. The standard InChI is InChI=1S/C26H26F2N6O/c1-14-3-6-22-18(7-14)13-35-23-8-17(11-30-26(23)29)24-20(15(2)31-33(24)12-16-4-5-16)9-19-10-21(25(27)28)32-34(19)22/h3,6-8,10-11,16,25H,4-5,9,12-13H2,1-2H3,(H2,29,30). The van der Waals surface area contributed by atoms with Crippen LogP contribution in [0.5, 0.6) is 5.75 Å². The molecule has 0 spiro atoms. The number of fused-ring (bicyclic) bond motifs is 7. The van der Waals surface area contributed by atoms with E-state index in [-0.39, 0.29) is 12.3 Å². The Morgan fingerprint density at radius 1 is 1.14 bits per heavy atom. The molecular weight excluding hydrogens is 450 g/mol. The molecule has 9 heteroatoms. The molecule has 0 amide bonds. The zero-order valence-electron chi connectivity index (χ0n) is 19.6.